The van der Waals surface area contributed by atoms with Crippen LogP contribution in [0.3, 0.4) is 0 Å². The molecule has 4 heteroatoms. The van der Waals surface area contributed by atoms with Crippen molar-refractivity contribution in [2.24, 2.45) is 0 Å². The molecule has 3 rings (SSSR count). The minimum Gasteiger partial charge on any atom is -0.494 e. The number of nitrogens with zero attached hydrogens (tertiary/aromatic N) is 1. The maximum Gasteiger partial charge on any atom is 0.232 e. The van der Waals surface area contributed by atoms with Crippen molar-refractivity contribution >= 4 is 17.5 Å². The van der Waals surface area contributed by atoms with E-state index < -0.39 is 0 Å². The van der Waals surface area contributed by atoms with Gasteiger partial charge in [-0.3, -0.25) is 4.79 Å². The molecule has 0 aliphatic carbocycles. The molecule has 0 saturated heterocycles. The average molecular weight is 323 g/mol. The third-order valence-electron chi connectivity index (χ3n) is 3.96. The number of aryl methyl sites for hydroxylation is 1. The molecule has 0 amide bonds. The van der Waals surface area contributed by atoms with E-state index >= 15 is 0 Å². The Morgan fingerprint density at radius 2 is 1.88 bits per heavy atom. The number of allylic oxidation sites excluding steroid dienone is 1. The molecule has 0 radical (unpaired) electrons. The first kappa shape index (κ1) is 16.1. The number of hydrogen-bond donors (Lipinski definition) is 0. The molecule has 2 aromatic rings. The van der Waals surface area contributed by atoms with Gasteiger partial charge >= 0.3 is 0 Å². The van der Waals surface area contributed by atoms with Crippen LogP contribution >= 0.6 is 0 Å². The Morgan fingerprint density at radius 3 is 2.50 bits per heavy atom. The topological polar surface area (TPSA) is 38.8 Å². The molecule has 1 heterocycles. The third kappa shape index (κ3) is 3.00. The monoisotopic (exact) mass is 323 g/mol. The van der Waals surface area contributed by atoms with Gasteiger partial charge in [-0.05, 0) is 49.2 Å². The highest BCUT2D eigenvalue weighted by molar-refractivity contribution is 6.15. The average Bonchev–Trinajstić information content (AvgIpc) is 2.84. The molecule has 1 aliphatic rings. The molecule has 1 aliphatic heterocycles. The molecule has 0 atom stereocenters. The van der Waals surface area contributed by atoms with Crippen LogP contribution in [0.4, 0.5) is 5.69 Å². The molecule has 0 spiro atoms. The van der Waals surface area contributed by atoms with Gasteiger partial charge in [-0.25, -0.2) is 0 Å². The van der Waals surface area contributed by atoms with Crippen LogP contribution in [0.1, 0.15) is 28.4 Å². The zero-order valence-corrected chi connectivity index (χ0v) is 14.4. The van der Waals surface area contributed by atoms with E-state index in [1.807, 2.05) is 63.2 Å². The van der Waals surface area contributed by atoms with E-state index in [4.69, 9.17) is 9.47 Å². The number of anilines is 1. The summed E-state index contributed by atoms with van der Waals surface area (Å²) in [6, 6.07) is 11.6. The highest BCUT2D eigenvalue weighted by Gasteiger charge is 2.29. The molecule has 4 nitrogen and oxygen atoms in total. The highest BCUT2D eigenvalue weighted by Crippen LogP contribution is 2.37. The number of benzene rings is 2. The minimum atomic E-state index is -0.0813. The van der Waals surface area contributed by atoms with Crippen molar-refractivity contribution in [3.63, 3.8) is 0 Å². The molecule has 0 aromatic heterocycles. The molecular weight excluding hydrogens is 302 g/mol. The van der Waals surface area contributed by atoms with Gasteiger partial charge in [0.25, 0.3) is 0 Å². The molecule has 0 N–H and O–H groups in total. The predicted molar refractivity (Wildman–Crippen MR) is 96.1 cm³/mol. The van der Waals surface area contributed by atoms with Crippen molar-refractivity contribution in [2.75, 3.05) is 25.6 Å². The molecule has 124 valence electrons. The Balaban J connectivity index is 1.91. The number of carbonyl (C=O) groups is 1. The van der Waals surface area contributed by atoms with E-state index in [1.165, 1.54) is 0 Å². The first-order valence-corrected chi connectivity index (χ1v) is 7.98. The second-order valence-electron chi connectivity index (χ2n) is 5.97. The Kier molecular flexibility index (Phi) is 4.30. The van der Waals surface area contributed by atoms with E-state index in [1.54, 1.807) is 12.1 Å². The smallest absolute Gasteiger partial charge is 0.232 e. The number of Topliss-reactive ketones (excluding diaryl/α,β-unsaturated/α-hetero) is 1. The molecular formula is C20H21NO3. The number of hydrogen-bond acceptors (Lipinski definition) is 4. The second kappa shape index (κ2) is 6.40. The standard InChI is InChI=1S/C20H21NO3/c1-5-23-16-10-13(2)19-17(12-16)24-18(20(19)22)11-14-6-8-15(9-7-14)21(3)4/h6-12H,5H2,1-4H3/b18-11-. The van der Waals surface area contributed by atoms with Gasteiger partial charge in [0, 0.05) is 25.8 Å². The molecule has 0 unspecified atom stereocenters. The fourth-order valence-electron chi connectivity index (χ4n) is 2.75. The number of rotatable bonds is 4. The number of ether oxygens (including phenoxy) is 2. The lowest BCUT2D eigenvalue weighted by molar-refractivity contribution is 0.101. The summed E-state index contributed by atoms with van der Waals surface area (Å²) in [5, 5.41) is 0. The number of carbonyl (C=O) groups excluding carboxylic acids is 1. The van der Waals surface area contributed by atoms with Gasteiger partial charge in [0.1, 0.15) is 11.5 Å². The summed E-state index contributed by atoms with van der Waals surface area (Å²) in [7, 11) is 3.99. The van der Waals surface area contributed by atoms with Gasteiger partial charge in [0.2, 0.25) is 5.78 Å². The van der Waals surface area contributed by atoms with Crippen molar-refractivity contribution in [3.05, 3.63) is 58.8 Å². The molecule has 2 aromatic carbocycles. The first-order valence-electron chi connectivity index (χ1n) is 7.98. The van der Waals surface area contributed by atoms with Crippen LogP contribution in [0.2, 0.25) is 0 Å². The van der Waals surface area contributed by atoms with Crippen molar-refractivity contribution in [1.82, 2.24) is 0 Å². The summed E-state index contributed by atoms with van der Waals surface area (Å²) in [4.78, 5) is 14.7. The maximum atomic E-state index is 12.6. The zero-order valence-electron chi connectivity index (χ0n) is 14.4. The first-order chi connectivity index (χ1) is 11.5. The molecule has 0 bridgehead atoms. The van der Waals surface area contributed by atoms with Crippen molar-refractivity contribution in [3.8, 4) is 11.5 Å². The maximum absolute atomic E-state index is 12.6. The fourth-order valence-corrected chi connectivity index (χ4v) is 2.75. The van der Waals surface area contributed by atoms with E-state index in [0.29, 0.717) is 23.7 Å². The van der Waals surface area contributed by atoms with Crippen LogP contribution in [0.15, 0.2) is 42.2 Å². The second-order valence-corrected chi connectivity index (χ2v) is 5.97. The molecule has 0 fully saturated rings. The lowest BCUT2D eigenvalue weighted by Gasteiger charge is -2.11. The summed E-state index contributed by atoms with van der Waals surface area (Å²) < 4.78 is 11.3. The van der Waals surface area contributed by atoms with Crippen LogP contribution in [0, 0.1) is 6.92 Å². The van der Waals surface area contributed by atoms with Crippen LogP contribution in [-0.2, 0) is 0 Å². The largest absolute Gasteiger partial charge is 0.494 e. The van der Waals surface area contributed by atoms with Crippen molar-refractivity contribution in [2.45, 2.75) is 13.8 Å². The number of ketones is 1. The number of fused-ring (bicyclic) bond motifs is 1. The summed E-state index contributed by atoms with van der Waals surface area (Å²) in [6.07, 6.45) is 1.78. The molecule has 0 saturated carbocycles. The van der Waals surface area contributed by atoms with E-state index in [0.717, 1.165) is 22.6 Å². The predicted octanol–water partition coefficient (Wildman–Crippen LogP) is 4.08. The van der Waals surface area contributed by atoms with E-state index in [2.05, 4.69) is 0 Å². The van der Waals surface area contributed by atoms with Gasteiger partial charge in [0.05, 0.1) is 12.2 Å². The Labute approximate surface area is 142 Å². The van der Waals surface area contributed by atoms with Gasteiger partial charge < -0.3 is 14.4 Å². The SMILES string of the molecule is CCOc1cc(C)c2c(c1)O/C(=C\c1ccc(N(C)C)cc1)C2=O. The van der Waals surface area contributed by atoms with Gasteiger partial charge in [-0.2, -0.15) is 0 Å². The van der Waals surface area contributed by atoms with Crippen LogP contribution in [0.25, 0.3) is 6.08 Å². The van der Waals surface area contributed by atoms with E-state index in [-0.39, 0.29) is 5.78 Å². The Bertz CT molecular complexity index is 804. The van der Waals surface area contributed by atoms with Crippen molar-refractivity contribution < 1.29 is 14.3 Å². The molecule has 24 heavy (non-hydrogen) atoms. The lowest BCUT2D eigenvalue weighted by Crippen LogP contribution is -2.08. The fraction of sp³-hybridized carbons (Fsp3) is 0.250. The lowest BCUT2D eigenvalue weighted by atomic mass is 10.0. The normalized spacial score (nSPS) is 14.5. The Hall–Kier alpha value is -2.75. The van der Waals surface area contributed by atoms with E-state index in [9.17, 15) is 4.79 Å². The zero-order chi connectivity index (χ0) is 17.3. The van der Waals surface area contributed by atoms with Crippen molar-refractivity contribution in [1.29, 1.82) is 0 Å². The van der Waals surface area contributed by atoms with Crippen LogP contribution < -0.4 is 14.4 Å². The summed E-state index contributed by atoms with van der Waals surface area (Å²) >= 11 is 0. The van der Waals surface area contributed by atoms with Crippen LogP contribution in [0.5, 0.6) is 11.5 Å². The quantitative estimate of drug-likeness (QED) is 0.795. The Morgan fingerprint density at radius 1 is 1.17 bits per heavy atom. The van der Waals surface area contributed by atoms with Crippen LogP contribution in [-0.4, -0.2) is 26.5 Å². The summed E-state index contributed by atoms with van der Waals surface area (Å²) in [5.74, 6) is 1.55. The minimum absolute atomic E-state index is 0.0813. The summed E-state index contributed by atoms with van der Waals surface area (Å²) in [5.41, 5.74) is 3.53. The highest BCUT2D eigenvalue weighted by atomic mass is 16.5. The van der Waals surface area contributed by atoms with Gasteiger partial charge in [0.15, 0.2) is 5.76 Å². The third-order valence-corrected chi connectivity index (χ3v) is 3.96. The van der Waals surface area contributed by atoms with Gasteiger partial charge in [-0.1, -0.05) is 12.1 Å². The van der Waals surface area contributed by atoms with Gasteiger partial charge in [-0.15, -0.1) is 0 Å². The summed E-state index contributed by atoms with van der Waals surface area (Å²) in [6.45, 7) is 4.40.